The summed E-state index contributed by atoms with van der Waals surface area (Å²) < 4.78 is 11.2. The Bertz CT molecular complexity index is 830. The molecule has 0 aromatic rings. The Morgan fingerprint density at radius 3 is 1.60 bits per heavy atom. The van der Waals surface area contributed by atoms with Crippen molar-refractivity contribution < 1.29 is 65.0 Å². The van der Waals surface area contributed by atoms with Crippen LogP contribution in [0.25, 0.3) is 0 Å². The molecule has 0 saturated carbocycles. The van der Waals surface area contributed by atoms with Crippen LogP contribution in [0.1, 0.15) is 142 Å². The normalized spacial score (nSPS) is 24.6. The van der Waals surface area contributed by atoms with E-state index in [-0.39, 0.29) is 12.8 Å². The summed E-state index contributed by atoms with van der Waals surface area (Å²) in [5, 5.41) is 89.1. The average molecular weight is 681 g/mol. The smallest absolute Gasteiger partial charge is 0.341 e. The lowest BCUT2D eigenvalue weighted by molar-refractivity contribution is -0.200. The van der Waals surface area contributed by atoms with Crippen LogP contribution in [0.3, 0.4) is 0 Å². The van der Waals surface area contributed by atoms with Gasteiger partial charge >= 0.3 is 11.9 Å². The van der Waals surface area contributed by atoms with E-state index in [4.69, 9.17) is 14.6 Å². The van der Waals surface area contributed by atoms with Crippen LogP contribution in [0.5, 0.6) is 0 Å². The van der Waals surface area contributed by atoms with Gasteiger partial charge in [0.25, 0.3) is 0 Å². The van der Waals surface area contributed by atoms with E-state index < -0.39 is 73.2 Å². The number of unbranched alkanes of at least 4 members (excludes halogenated alkanes) is 10. The van der Waals surface area contributed by atoms with Gasteiger partial charge in [0.05, 0.1) is 43.5 Å². The predicted octanol–water partition coefficient (Wildman–Crippen LogP) is 3.01. The number of carboxylic acid groups (broad SMARTS) is 2. The fourth-order valence-corrected chi connectivity index (χ4v) is 6.20. The van der Waals surface area contributed by atoms with Gasteiger partial charge in [0.2, 0.25) is 5.60 Å². The Labute approximate surface area is 279 Å². The van der Waals surface area contributed by atoms with Gasteiger partial charge in [0.15, 0.2) is 6.29 Å². The lowest BCUT2D eigenvalue weighted by Crippen LogP contribution is -2.56. The highest BCUT2D eigenvalue weighted by molar-refractivity contribution is 5.79. The zero-order valence-corrected chi connectivity index (χ0v) is 28.3. The summed E-state index contributed by atoms with van der Waals surface area (Å²) >= 11 is 0. The molecule has 47 heavy (non-hydrogen) atoms. The average Bonchev–Trinajstić information content (AvgIpc) is 3.25. The summed E-state index contributed by atoms with van der Waals surface area (Å²) in [5.41, 5.74) is -2.69. The van der Waals surface area contributed by atoms with Gasteiger partial charge < -0.3 is 55.4 Å². The highest BCUT2D eigenvalue weighted by Crippen LogP contribution is 2.34. The second-order valence-electron chi connectivity index (χ2n) is 13.4. The minimum Gasteiger partial charge on any atom is -0.481 e. The molecule has 9 atom stereocenters. The van der Waals surface area contributed by atoms with Crippen molar-refractivity contribution in [3.63, 3.8) is 0 Å². The summed E-state index contributed by atoms with van der Waals surface area (Å²) in [5.74, 6) is -2.72. The van der Waals surface area contributed by atoms with E-state index in [0.717, 1.165) is 77.0 Å². The van der Waals surface area contributed by atoms with E-state index in [1.54, 1.807) is 0 Å². The maximum absolute atomic E-state index is 11.6. The Morgan fingerprint density at radius 2 is 1.15 bits per heavy atom. The van der Waals surface area contributed by atoms with E-state index in [1.165, 1.54) is 0 Å². The zero-order valence-electron chi connectivity index (χ0n) is 28.3. The van der Waals surface area contributed by atoms with Gasteiger partial charge in [-0.1, -0.05) is 90.4 Å². The molecule has 0 aromatic heterocycles. The third kappa shape index (κ3) is 17.7. The van der Waals surface area contributed by atoms with Gasteiger partial charge in [-0.05, 0) is 44.9 Å². The summed E-state index contributed by atoms with van der Waals surface area (Å²) in [6.07, 6.45) is 6.99. The molecule has 1 saturated heterocycles. The summed E-state index contributed by atoms with van der Waals surface area (Å²) in [6, 6.07) is 0. The lowest BCUT2D eigenvalue weighted by atomic mass is 9.93. The largest absolute Gasteiger partial charge is 0.481 e. The Kier molecular flexibility index (Phi) is 22.9. The monoisotopic (exact) mass is 680 g/mol. The molecule has 0 aromatic carbocycles. The zero-order chi connectivity index (χ0) is 35.2. The van der Waals surface area contributed by atoms with Gasteiger partial charge in [-0.2, -0.15) is 0 Å². The molecule has 1 aliphatic heterocycles. The Balaban J connectivity index is 2.19. The second-order valence-corrected chi connectivity index (χ2v) is 13.4. The van der Waals surface area contributed by atoms with Crippen LogP contribution in [0, 0.1) is 0 Å². The molecule has 5 unspecified atom stereocenters. The van der Waals surface area contributed by atoms with Gasteiger partial charge in [-0.15, -0.1) is 0 Å². The van der Waals surface area contributed by atoms with Crippen LogP contribution in [-0.2, 0) is 19.1 Å². The molecule has 9 N–H and O–H groups in total. The molecule has 13 nitrogen and oxygen atoms in total. The van der Waals surface area contributed by atoms with Crippen LogP contribution in [0.4, 0.5) is 0 Å². The Morgan fingerprint density at radius 1 is 0.702 bits per heavy atom. The van der Waals surface area contributed by atoms with Crippen LogP contribution < -0.4 is 0 Å². The first kappa shape index (κ1) is 43.6. The van der Waals surface area contributed by atoms with Crippen LogP contribution in [0.2, 0.25) is 0 Å². The van der Waals surface area contributed by atoms with Crippen molar-refractivity contribution in [3.05, 3.63) is 0 Å². The lowest BCUT2D eigenvalue weighted by Gasteiger charge is -2.27. The first-order valence-electron chi connectivity index (χ1n) is 17.8. The van der Waals surface area contributed by atoms with Crippen LogP contribution >= 0.6 is 0 Å². The first-order valence-corrected chi connectivity index (χ1v) is 17.8. The molecule has 0 bridgehead atoms. The third-order valence-corrected chi connectivity index (χ3v) is 9.10. The van der Waals surface area contributed by atoms with Gasteiger partial charge in [0.1, 0.15) is 12.2 Å². The highest BCUT2D eigenvalue weighted by Gasteiger charge is 2.61. The van der Waals surface area contributed by atoms with Crippen molar-refractivity contribution in [1.82, 2.24) is 0 Å². The summed E-state index contributed by atoms with van der Waals surface area (Å²) in [4.78, 5) is 22.1. The molecule has 1 heterocycles. The Hall–Kier alpha value is -1.42. The van der Waals surface area contributed by atoms with Crippen LogP contribution in [0.15, 0.2) is 0 Å². The molecule has 0 spiro atoms. The number of carboxylic acids is 2. The molecular formula is C34H64O13. The van der Waals surface area contributed by atoms with Gasteiger partial charge in [-0.3, -0.25) is 4.79 Å². The third-order valence-electron chi connectivity index (χ3n) is 9.10. The number of aliphatic hydroxyl groups is 7. The molecule has 13 heteroatoms. The SMILES string of the molecule is CCCCCC(CC(O)CCCCCCCCCC(O)CC(O)CCCCCC(O)CC(=O)O)O[C@@H]1O[C@H](CO)[C@](O)(C(=O)O)[C@H]1O. The van der Waals surface area contributed by atoms with Crippen molar-refractivity contribution >= 4 is 11.9 Å². The molecule has 1 rings (SSSR count). The quantitative estimate of drug-likeness (QED) is 0.0497. The van der Waals surface area contributed by atoms with E-state index in [1.807, 2.05) is 0 Å². The number of aliphatic hydroxyl groups excluding tert-OH is 6. The summed E-state index contributed by atoms with van der Waals surface area (Å²) in [6.45, 7) is 1.25. The standard InChI is InChI=1S/C34H64O13/c1-2-3-10-19-28(46-32-31(42)34(45,33(43)44)29(23-35)47-32)21-26(38)17-12-8-6-4-5-7-11-15-24(36)20-25(37)16-13-9-14-18-27(39)22-30(40)41/h24-29,31-32,35-39,42,45H,2-23H2,1H3,(H,40,41)(H,43,44)/t24?,25?,26?,27?,28?,29-,31+,32-,34-/m1/s1. The maximum Gasteiger partial charge on any atom is 0.341 e. The van der Waals surface area contributed by atoms with Crippen molar-refractivity contribution in [1.29, 1.82) is 0 Å². The second kappa shape index (κ2) is 24.7. The molecular weight excluding hydrogens is 616 g/mol. The minimum atomic E-state index is -2.69. The number of hydrogen-bond donors (Lipinski definition) is 9. The summed E-state index contributed by atoms with van der Waals surface area (Å²) in [7, 11) is 0. The molecule has 0 radical (unpaired) electrons. The fourth-order valence-electron chi connectivity index (χ4n) is 6.20. The predicted molar refractivity (Wildman–Crippen MR) is 174 cm³/mol. The molecule has 1 aliphatic rings. The number of rotatable bonds is 30. The van der Waals surface area contributed by atoms with Crippen LogP contribution in [-0.4, -0.2) is 119 Å². The topological polar surface area (TPSA) is 235 Å². The number of ether oxygens (including phenoxy) is 2. The fraction of sp³-hybridized carbons (Fsp3) is 0.941. The van der Waals surface area contributed by atoms with Crippen molar-refractivity contribution in [3.8, 4) is 0 Å². The van der Waals surface area contributed by atoms with Gasteiger partial charge in [-0.25, -0.2) is 4.79 Å². The first-order chi connectivity index (χ1) is 22.3. The number of carbonyl (C=O) groups is 2. The van der Waals surface area contributed by atoms with Crippen molar-refractivity contribution in [2.24, 2.45) is 0 Å². The van der Waals surface area contributed by atoms with E-state index in [2.05, 4.69) is 6.92 Å². The number of hydrogen-bond acceptors (Lipinski definition) is 11. The molecule has 0 amide bonds. The minimum absolute atomic E-state index is 0.247. The van der Waals surface area contributed by atoms with Crippen molar-refractivity contribution in [2.45, 2.75) is 196 Å². The van der Waals surface area contributed by atoms with E-state index >= 15 is 0 Å². The highest BCUT2D eigenvalue weighted by atomic mass is 16.7. The number of aliphatic carboxylic acids is 2. The van der Waals surface area contributed by atoms with Crippen molar-refractivity contribution in [2.75, 3.05) is 6.61 Å². The van der Waals surface area contributed by atoms with E-state index in [9.17, 15) is 50.4 Å². The van der Waals surface area contributed by atoms with Gasteiger partial charge in [0, 0.05) is 0 Å². The van der Waals surface area contributed by atoms with E-state index in [0.29, 0.717) is 44.9 Å². The molecule has 278 valence electrons. The molecule has 0 aliphatic carbocycles. The maximum atomic E-state index is 11.6. The molecule has 1 fully saturated rings.